The van der Waals surface area contributed by atoms with Crippen LogP contribution in [0.2, 0.25) is 5.02 Å². The Hall–Kier alpha value is -14.7. The first kappa shape index (κ1) is 71.9. The molecule has 0 aliphatic heterocycles. The third-order valence-electron chi connectivity index (χ3n) is 21.6. The van der Waals surface area contributed by atoms with E-state index in [2.05, 4.69) is 453 Å². The molecule has 0 amide bonds. The molecule has 0 saturated carbocycles. The highest BCUT2D eigenvalue weighted by molar-refractivity contribution is 6.31. The summed E-state index contributed by atoms with van der Waals surface area (Å²) < 4.78 is 0. The summed E-state index contributed by atoms with van der Waals surface area (Å²) in [6.45, 7) is 0. The number of nitrogens with zero attached hydrogens (tertiary/aromatic N) is 1. The molecule has 20 aromatic carbocycles. The summed E-state index contributed by atoms with van der Waals surface area (Å²) in [6.07, 6.45) is 0. The van der Waals surface area contributed by atoms with Crippen LogP contribution >= 0.6 is 11.6 Å². The smallest absolute Gasteiger partial charge is 0.0467 e. The van der Waals surface area contributed by atoms with Gasteiger partial charge in [0.1, 0.15) is 0 Å². The van der Waals surface area contributed by atoms with Gasteiger partial charge in [-0.2, -0.15) is 0 Å². The predicted molar refractivity (Wildman–Crippen MR) is 495 cm³/mol. The molecule has 20 rings (SSSR count). The van der Waals surface area contributed by atoms with Crippen LogP contribution in [0.1, 0.15) is 1.43 Å². The van der Waals surface area contributed by atoms with Crippen molar-refractivity contribution in [2.24, 2.45) is 0 Å². The van der Waals surface area contributed by atoms with E-state index in [0.717, 1.165) is 50.1 Å². The lowest BCUT2D eigenvalue weighted by molar-refractivity contribution is 1.28. The maximum absolute atomic E-state index is 6.30. The van der Waals surface area contributed by atoms with Crippen molar-refractivity contribution in [3.05, 3.63) is 478 Å². The van der Waals surface area contributed by atoms with Gasteiger partial charge in [-0.05, 0) is 239 Å². The lowest BCUT2D eigenvalue weighted by Gasteiger charge is -2.26. The highest BCUT2D eigenvalue weighted by Crippen LogP contribution is 2.48. The zero-order valence-electron chi connectivity index (χ0n) is 63.4. The van der Waals surface area contributed by atoms with Gasteiger partial charge in [-0.15, -0.1) is 0 Å². The maximum Gasteiger partial charge on any atom is 0.0467 e. The summed E-state index contributed by atoms with van der Waals surface area (Å²) in [6, 6.07) is 169. The summed E-state index contributed by atoms with van der Waals surface area (Å²) in [5, 5.41) is 14.3. The Kier molecular flexibility index (Phi) is 20.9. The highest BCUT2D eigenvalue weighted by Gasteiger charge is 2.22. The van der Waals surface area contributed by atoms with Crippen LogP contribution < -0.4 is 10.2 Å². The quantitative estimate of drug-likeness (QED) is 0.103. The maximum atomic E-state index is 6.30. The summed E-state index contributed by atoms with van der Waals surface area (Å²) in [5.41, 5.74) is 29.7. The van der Waals surface area contributed by atoms with E-state index in [4.69, 9.17) is 11.6 Å². The van der Waals surface area contributed by atoms with Crippen LogP contribution in [0.5, 0.6) is 0 Å². The Morgan fingerprint density at radius 2 is 0.383 bits per heavy atom. The second-order valence-corrected chi connectivity index (χ2v) is 29.2. The minimum Gasteiger partial charge on any atom is -0.356 e. The zero-order chi connectivity index (χ0) is 77.1. The van der Waals surface area contributed by atoms with Crippen LogP contribution in [0, 0.1) is 0 Å². The molecule has 2 nitrogen and oxygen atoms in total. The number of hydrogen-bond donors (Lipinski definition) is 1. The van der Waals surface area contributed by atoms with Crippen LogP contribution in [-0.2, 0) is 0 Å². The van der Waals surface area contributed by atoms with Crippen molar-refractivity contribution in [2.45, 2.75) is 0 Å². The summed E-state index contributed by atoms with van der Waals surface area (Å²) >= 11 is 6.30. The molecule has 0 saturated heterocycles. The molecule has 0 aromatic heterocycles. The van der Waals surface area contributed by atoms with Crippen molar-refractivity contribution in [3.63, 3.8) is 0 Å². The monoisotopic (exact) mass is 1490 g/mol. The van der Waals surface area contributed by atoms with Crippen molar-refractivity contribution in [1.82, 2.24) is 0 Å². The van der Waals surface area contributed by atoms with E-state index in [9.17, 15) is 0 Å². The molecular weight excluding hydrogens is 1410 g/mol. The number of nitrogens with one attached hydrogen (secondary N) is 1. The number of hydrogen-bond acceptors (Lipinski definition) is 2. The first-order valence-electron chi connectivity index (χ1n) is 39.2. The largest absolute Gasteiger partial charge is 0.356 e. The Balaban J connectivity index is 0.000000138. The number of anilines is 5. The minimum atomic E-state index is 0. The predicted octanol–water partition coefficient (Wildman–Crippen LogP) is 32.5. The van der Waals surface area contributed by atoms with E-state index in [1.54, 1.807) is 0 Å². The van der Waals surface area contributed by atoms with Crippen molar-refractivity contribution < 1.29 is 1.43 Å². The molecule has 0 bridgehead atoms. The minimum absolute atomic E-state index is 0. The normalized spacial score (nSPS) is 11.0. The van der Waals surface area contributed by atoms with E-state index in [0.29, 0.717) is 0 Å². The Morgan fingerprint density at radius 1 is 0.157 bits per heavy atom. The Labute approximate surface area is 679 Å². The number of fused-ring (bicyclic) bond motifs is 6. The molecule has 115 heavy (non-hydrogen) atoms. The number of benzene rings is 20. The van der Waals surface area contributed by atoms with Crippen molar-refractivity contribution in [3.8, 4) is 111 Å². The molecule has 20 aromatic rings. The van der Waals surface area contributed by atoms with E-state index in [1.165, 1.54) is 138 Å². The van der Waals surface area contributed by atoms with Crippen LogP contribution in [0.25, 0.3) is 154 Å². The molecule has 0 aliphatic carbocycles. The van der Waals surface area contributed by atoms with Crippen LogP contribution in [0.3, 0.4) is 0 Å². The van der Waals surface area contributed by atoms with Gasteiger partial charge in [0.15, 0.2) is 0 Å². The van der Waals surface area contributed by atoms with Crippen LogP contribution in [-0.4, -0.2) is 0 Å². The molecule has 1 N–H and O–H groups in total. The van der Waals surface area contributed by atoms with Crippen LogP contribution in [0.15, 0.2) is 473 Å². The van der Waals surface area contributed by atoms with Crippen molar-refractivity contribution in [1.29, 1.82) is 0 Å². The average Bonchev–Trinajstić information content (AvgIpc) is 0.652. The van der Waals surface area contributed by atoms with Gasteiger partial charge in [-0.25, -0.2) is 0 Å². The van der Waals surface area contributed by atoms with Gasteiger partial charge in [-0.1, -0.05) is 400 Å². The molecule has 0 fully saturated rings. The first-order valence-corrected chi connectivity index (χ1v) is 39.6. The second-order valence-electron chi connectivity index (χ2n) is 28.8. The summed E-state index contributed by atoms with van der Waals surface area (Å²) in [4.78, 5) is 2.36. The standard InChI is InChI=1S/C56H39N.C32H21Cl.C24H19N.H2/c1-4-16-40(17-5-1)42-30-34-48(35-31-42)57(49-36-32-43(33-37-49)41-18-6-2-7-19-41)50-25-15-23-46(39-50)45-22-14-24-47(38-45)56-54-29-13-11-27-52(54)51-26-10-12-28-53(51)55(56)44-20-8-3-9-21-44;33-26-15-9-13-24(21-26)23-12-8-14-25(20-23)32-30-19-7-5-17-28(30)27-16-4-6-18-29(27)31(32)22-10-2-1-3-11-22;1-3-7-19(8-4-1)21-11-15-23(16-12-21)25-24-17-13-22(14-18-24)20-9-5-2-6-10-20;/h1-39H;1-21H;1-18,25H;1H. The SMILES string of the molecule is Clc1cccc(-c2cccc(-c3c(-c4ccccc4)c4ccccc4c4ccccc34)c2)c1.[HH].c1ccc(-c2ccc(N(c3ccc(-c4ccccc4)cc3)c3cccc(-c4cccc(-c5c(-c6ccccc6)c6ccccc6c6ccccc56)c4)c3)cc2)cc1.c1ccc(-c2ccc(Nc3ccc(-c4ccccc4)cc3)cc2)cc1. The zero-order valence-corrected chi connectivity index (χ0v) is 64.1. The fourth-order valence-electron chi connectivity index (χ4n) is 16.1. The topological polar surface area (TPSA) is 15.3 Å². The summed E-state index contributed by atoms with van der Waals surface area (Å²) in [5.74, 6) is 0. The van der Waals surface area contributed by atoms with Gasteiger partial charge in [0.05, 0.1) is 0 Å². The molecule has 0 spiro atoms. The lowest BCUT2D eigenvalue weighted by Crippen LogP contribution is -2.10. The average molecular weight is 1490 g/mol. The van der Waals surface area contributed by atoms with E-state index < -0.39 is 0 Å². The van der Waals surface area contributed by atoms with Gasteiger partial charge >= 0.3 is 0 Å². The molecule has 0 radical (unpaired) electrons. The van der Waals surface area contributed by atoms with E-state index in [-0.39, 0.29) is 1.43 Å². The van der Waals surface area contributed by atoms with Gasteiger partial charge < -0.3 is 10.2 Å². The van der Waals surface area contributed by atoms with Gasteiger partial charge in [0, 0.05) is 34.9 Å². The number of rotatable bonds is 15. The molecular formula is C112H81ClN2. The van der Waals surface area contributed by atoms with Gasteiger partial charge in [0.25, 0.3) is 0 Å². The van der Waals surface area contributed by atoms with E-state index in [1.807, 2.05) is 30.3 Å². The van der Waals surface area contributed by atoms with Gasteiger partial charge in [0.2, 0.25) is 0 Å². The lowest BCUT2D eigenvalue weighted by atomic mass is 9.84. The Morgan fingerprint density at radius 3 is 0.704 bits per heavy atom. The molecule has 546 valence electrons. The molecule has 0 unspecified atom stereocenters. The third kappa shape index (κ3) is 15.6. The highest BCUT2D eigenvalue weighted by atomic mass is 35.5. The number of halogens is 1. The molecule has 3 heteroatoms. The molecule has 0 aliphatic rings. The fourth-order valence-corrected chi connectivity index (χ4v) is 16.3. The Bertz CT molecular complexity index is 6580. The van der Waals surface area contributed by atoms with Crippen molar-refractivity contribution >= 4 is 83.1 Å². The first-order chi connectivity index (χ1) is 57.0. The second kappa shape index (κ2) is 33.5. The fraction of sp³-hybridized carbons (Fsp3) is 0. The third-order valence-corrected chi connectivity index (χ3v) is 21.9. The van der Waals surface area contributed by atoms with E-state index >= 15 is 0 Å². The summed E-state index contributed by atoms with van der Waals surface area (Å²) in [7, 11) is 0. The molecule has 0 heterocycles. The molecule has 0 atom stereocenters. The van der Waals surface area contributed by atoms with Gasteiger partial charge in [-0.3, -0.25) is 0 Å². The van der Waals surface area contributed by atoms with Crippen molar-refractivity contribution in [2.75, 3.05) is 10.2 Å². The van der Waals surface area contributed by atoms with Crippen LogP contribution in [0.4, 0.5) is 28.4 Å².